The van der Waals surface area contributed by atoms with Crippen molar-refractivity contribution in [3.05, 3.63) is 20.7 Å². The molecular formula is C7H6ClIN2O4S. The number of rotatable bonds is 2. The molecule has 0 spiro atoms. The van der Waals surface area contributed by atoms with Crippen molar-refractivity contribution < 1.29 is 30.1 Å². The zero-order chi connectivity index (χ0) is 11.6. The molecule has 0 saturated carbocycles. The van der Waals surface area contributed by atoms with E-state index in [-0.39, 0.29) is 32.3 Å². The van der Waals surface area contributed by atoms with E-state index in [1.165, 1.54) is 13.2 Å². The van der Waals surface area contributed by atoms with Crippen LogP contribution < -0.4 is 17.1 Å². The van der Waals surface area contributed by atoms with Gasteiger partial charge in [0, 0.05) is 9.64 Å². The Morgan fingerprint density at radius 1 is 1.50 bits per heavy atom. The molecule has 1 aromatic carbocycles. The zero-order valence-electron chi connectivity index (χ0n) is 7.89. The number of diazo groups is 1. The number of halogens is 2. The van der Waals surface area contributed by atoms with Crippen molar-refractivity contribution in [3.8, 4) is 5.75 Å². The highest BCUT2D eigenvalue weighted by atomic mass is 127. The van der Waals surface area contributed by atoms with Crippen LogP contribution in [-0.2, 0) is 10.1 Å². The molecule has 16 heavy (non-hydrogen) atoms. The van der Waals surface area contributed by atoms with Crippen molar-refractivity contribution in [1.82, 2.24) is 0 Å². The molecular weight excluding hydrogens is 371 g/mol. The molecule has 0 saturated heterocycles. The van der Waals surface area contributed by atoms with Crippen LogP contribution in [0, 0.1) is 8.96 Å². The first-order valence-corrected chi connectivity index (χ1v) is 6.12. The normalized spacial score (nSPS) is 10.1. The van der Waals surface area contributed by atoms with E-state index < -0.39 is 10.1 Å². The summed E-state index contributed by atoms with van der Waals surface area (Å²) in [7, 11) is -2.97. The first-order chi connectivity index (χ1) is 6.90. The Balaban J connectivity index is 0.00000225. The van der Waals surface area contributed by atoms with Crippen LogP contribution in [0.25, 0.3) is 4.98 Å². The van der Waals surface area contributed by atoms with Gasteiger partial charge in [0.05, 0.1) is 13.2 Å². The molecule has 0 fully saturated rings. The molecule has 1 N–H and O–H groups in total. The molecule has 1 rings (SSSR count). The molecule has 0 unspecified atom stereocenters. The van der Waals surface area contributed by atoms with Crippen LogP contribution in [0.1, 0.15) is 0 Å². The molecule has 88 valence electrons. The van der Waals surface area contributed by atoms with Crippen LogP contribution in [0.4, 0.5) is 5.69 Å². The highest BCUT2D eigenvalue weighted by molar-refractivity contribution is 14.1. The minimum absolute atomic E-state index is 0. The van der Waals surface area contributed by atoms with Crippen LogP contribution in [0.2, 0.25) is 0 Å². The van der Waals surface area contributed by atoms with E-state index in [1.807, 2.05) is 0 Å². The average Bonchev–Trinajstić information content (AvgIpc) is 2.15. The largest absolute Gasteiger partial charge is 1.00 e. The van der Waals surface area contributed by atoms with E-state index in [0.29, 0.717) is 0 Å². The molecule has 0 amide bonds. The van der Waals surface area contributed by atoms with Crippen molar-refractivity contribution in [3.63, 3.8) is 0 Å². The van der Waals surface area contributed by atoms with Crippen molar-refractivity contribution in [2.45, 2.75) is 4.90 Å². The lowest BCUT2D eigenvalue weighted by atomic mass is 10.3. The Kier molecular flexibility index (Phi) is 5.40. The molecule has 0 aliphatic carbocycles. The maximum atomic E-state index is 10.9. The van der Waals surface area contributed by atoms with Gasteiger partial charge in [-0.3, -0.25) is 4.55 Å². The second kappa shape index (κ2) is 5.62. The molecule has 0 heterocycles. The predicted octanol–water partition coefficient (Wildman–Crippen LogP) is -0.965. The minimum atomic E-state index is -4.33. The summed E-state index contributed by atoms with van der Waals surface area (Å²) in [6.07, 6.45) is 0. The van der Waals surface area contributed by atoms with Crippen molar-refractivity contribution in [1.29, 1.82) is 5.39 Å². The van der Waals surface area contributed by atoms with Crippen LogP contribution in [0.15, 0.2) is 17.0 Å². The highest BCUT2D eigenvalue weighted by Crippen LogP contribution is 2.33. The summed E-state index contributed by atoms with van der Waals surface area (Å²) in [5.41, 5.74) is -0.0643. The standard InChI is InChI=1S/C7H5IN2O4S.ClH/c1-14-6-2-4(8)7(15(11,12)13)3-5(6)10-9;/h2-3H,1H3;1H. The van der Waals surface area contributed by atoms with Gasteiger partial charge in [-0.1, -0.05) is 0 Å². The quantitative estimate of drug-likeness (QED) is 0.408. The molecule has 6 nitrogen and oxygen atoms in total. The second-order valence-corrected chi connectivity index (χ2v) is 5.08. The number of ether oxygens (including phenoxy) is 1. The molecule has 1 aromatic rings. The third kappa shape index (κ3) is 3.18. The smallest absolute Gasteiger partial charge is 0.427 e. The Morgan fingerprint density at radius 3 is 2.44 bits per heavy atom. The van der Waals surface area contributed by atoms with Gasteiger partial charge in [0.15, 0.2) is 4.98 Å². The van der Waals surface area contributed by atoms with Gasteiger partial charge < -0.3 is 17.1 Å². The molecule has 0 bridgehead atoms. The second-order valence-electron chi connectivity index (χ2n) is 2.53. The monoisotopic (exact) mass is 376 g/mol. The lowest BCUT2D eigenvalue weighted by Crippen LogP contribution is -3.00. The Labute approximate surface area is 112 Å². The number of nitrogens with zero attached hydrogens (tertiary/aromatic N) is 2. The van der Waals surface area contributed by atoms with E-state index in [9.17, 15) is 8.42 Å². The Bertz CT molecular complexity index is 540. The maximum absolute atomic E-state index is 10.9. The molecule has 0 aliphatic heterocycles. The van der Waals surface area contributed by atoms with E-state index in [1.54, 1.807) is 22.6 Å². The van der Waals surface area contributed by atoms with E-state index >= 15 is 0 Å². The maximum Gasteiger partial charge on any atom is 0.427 e. The Morgan fingerprint density at radius 2 is 2.06 bits per heavy atom. The number of methoxy groups -OCH3 is 1. The molecule has 0 aromatic heterocycles. The predicted molar refractivity (Wildman–Crippen MR) is 60.3 cm³/mol. The Hall–Kier alpha value is -0.630. The minimum Gasteiger partial charge on any atom is -1.00 e. The lowest BCUT2D eigenvalue weighted by Gasteiger charge is -2.01. The first kappa shape index (κ1) is 15.4. The third-order valence-corrected chi connectivity index (χ3v) is 3.77. The van der Waals surface area contributed by atoms with E-state index in [2.05, 4.69) is 4.98 Å². The summed E-state index contributed by atoms with van der Waals surface area (Å²) in [6.45, 7) is 0. The fourth-order valence-electron chi connectivity index (χ4n) is 0.964. The molecule has 0 aliphatic rings. The topological polar surface area (TPSA) is 91.8 Å². The van der Waals surface area contributed by atoms with Gasteiger partial charge in [-0.2, -0.15) is 8.42 Å². The van der Waals surface area contributed by atoms with Crippen molar-refractivity contribution in [2.24, 2.45) is 0 Å². The van der Waals surface area contributed by atoms with Crippen LogP contribution >= 0.6 is 22.6 Å². The zero-order valence-corrected chi connectivity index (χ0v) is 11.6. The first-order valence-electron chi connectivity index (χ1n) is 3.60. The third-order valence-electron chi connectivity index (χ3n) is 1.62. The summed E-state index contributed by atoms with van der Waals surface area (Å²) in [6, 6.07) is 2.37. The fourth-order valence-corrected chi connectivity index (χ4v) is 2.80. The van der Waals surface area contributed by atoms with Gasteiger partial charge in [-0.25, -0.2) is 0 Å². The van der Waals surface area contributed by atoms with E-state index in [4.69, 9.17) is 14.7 Å². The lowest BCUT2D eigenvalue weighted by molar-refractivity contribution is -0.00000759. The van der Waals surface area contributed by atoms with Gasteiger partial charge >= 0.3 is 5.69 Å². The van der Waals surface area contributed by atoms with Crippen LogP contribution in [0.5, 0.6) is 5.75 Å². The van der Waals surface area contributed by atoms with Gasteiger partial charge in [0.1, 0.15) is 4.90 Å². The highest BCUT2D eigenvalue weighted by Gasteiger charge is 2.24. The summed E-state index contributed by atoms with van der Waals surface area (Å²) < 4.78 is 35.8. The van der Waals surface area contributed by atoms with Gasteiger partial charge in [0.25, 0.3) is 10.1 Å². The SMILES string of the molecule is COc1cc(I)c(S(=O)(=O)O)cc1[N+]#N.[Cl-]. The number of benzene rings is 1. The molecule has 9 heteroatoms. The summed E-state index contributed by atoms with van der Waals surface area (Å²) >= 11 is 1.73. The number of hydrogen-bond acceptors (Lipinski definition) is 4. The summed E-state index contributed by atoms with van der Waals surface area (Å²) in [4.78, 5) is 2.53. The van der Waals surface area contributed by atoms with Crippen LogP contribution in [-0.4, -0.2) is 20.1 Å². The molecule has 0 atom stereocenters. The van der Waals surface area contributed by atoms with Gasteiger partial charge in [-0.15, -0.1) is 0 Å². The van der Waals surface area contributed by atoms with Gasteiger partial charge in [-0.05, 0) is 22.6 Å². The summed E-state index contributed by atoms with van der Waals surface area (Å²) in [5, 5.41) is 8.60. The average molecular weight is 377 g/mol. The number of hydrogen-bond donors (Lipinski definition) is 1. The van der Waals surface area contributed by atoms with Crippen LogP contribution in [0.3, 0.4) is 0 Å². The molecule has 0 radical (unpaired) electrons. The van der Waals surface area contributed by atoms with Gasteiger partial charge in [0.2, 0.25) is 11.1 Å². The van der Waals surface area contributed by atoms with E-state index in [0.717, 1.165) is 6.07 Å². The van der Waals surface area contributed by atoms with Crippen molar-refractivity contribution in [2.75, 3.05) is 7.11 Å². The van der Waals surface area contributed by atoms with Crippen molar-refractivity contribution >= 4 is 38.4 Å². The summed E-state index contributed by atoms with van der Waals surface area (Å²) in [5.74, 6) is 0.217. The fraction of sp³-hybridized carbons (Fsp3) is 0.143.